The van der Waals surface area contributed by atoms with Gasteiger partial charge in [0.1, 0.15) is 6.04 Å². The lowest BCUT2D eigenvalue weighted by atomic mass is 10.1. The van der Waals surface area contributed by atoms with E-state index in [0.717, 1.165) is 33.8 Å². The fraction of sp³-hybridized carbons (Fsp3) is 0.500. The van der Waals surface area contributed by atoms with E-state index in [2.05, 4.69) is 4.84 Å². The van der Waals surface area contributed by atoms with Gasteiger partial charge in [-0.3, -0.25) is 38.7 Å². The summed E-state index contributed by atoms with van der Waals surface area (Å²) in [7, 11) is 0. The first-order valence-corrected chi connectivity index (χ1v) is 12.8. The maximum absolute atomic E-state index is 12.3. The highest BCUT2D eigenvalue weighted by Gasteiger charge is 2.27. The minimum Gasteiger partial charge on any atom is -0.480 e. The minimum atomic E-state index is -1.26. The first-order valence-electron chi connectivity index (χ1n) is 12.8. The third kappa shape index (κ3) is 16.1. The second-order valence-electron chi connectivity index (χ2n) is 9.24. The average Bonchev–Trinajstić information content (AvgIpc) is 2.86. The lowest BCUT2D eigenvalue weighted by molar-refractivity contribution is -0.146. The van der Waals surface area contributed by atoms with Crippen LogP contribution in [0.5, 0.6) is 0 Å². The molecule has 7 N–H and O–H groups in total. The molecule has 0 aliphatic heterocycles. The first-order chi connectivity index (χ1) is 19.4. The van der Waals surface area contributed by atoms with E-state index < -0.39 is 62.1 Å². The Morgan fingerprint density at radius 3 is 1.61 bits per heavy atom. The average molecular weight is 583 g/mol. The molecule has 1 unspecified atom stereocenters. The number of aryl methyl sites for hydroxylation is 1. The molecule has 15 nitrogen and oxygen atoms in total. The van der Waals surface area contributed by atoms with E-state index >= 15 is 0 Å². The summed E-state index contributed by atoms with van der Waals surface area (Å²) in [5, 5.41) is 46.5. The Balaban J connectivity index is 3.07. The molecule has 0 aromatic heterocycles. The molecule has 41 heavy (non-hydrogen) atoms. The number of hydrogen-bond acceptors (Lipinski definition) is 10. The van der Waals surface area contributed by atoms with Gasteiger partial charge in [-0.1, -0.05) is 36.4 Å². The normalized spacial score (nSPS) is 12.3. The lowest BCUT2D eigenvalue weighted by Gasteiger charge is -2.32. The fourth-order valence-electron chi connectivity index (χ4n) is 4.05. The van der Waals surface area contributed by atoms with Gasteiger partial charge < -0.3 is 30.4 Å². The van der Waals surface area contributed by atoms with Gasteiger partial charge in [0.05, 0.1) is 32.8 Å². The molecule has 228 valence electrons. The number of nitrogens with two attached hydrogens (primary N) is 1. The lowest BCUT2D eigenvalue weighted by Crippen LogP contribution is -2.49. The molecule has 15 heteroatoms. The summed E-state index contributed by atoms with van der Waals surface area (Å²) < 4.78 is 0. The number of hydrogen-bond donors (Lipinski definition) is 6. The first kappa shape index (κ1) is 35.1. The van der Waals surface area contributed by atoms with E-state index in [1.54, 1.807) is 12.2 Å². The molecule has 0 amide bonds. The molecular weight excluding hydrogens is 544 g/mol. The molecular formula is C26H38N4O11. The molecule has 0 fully saturated rings. The second-order valence-corrected chi connectivity index (χ2v) is 9.24. The van der Waals surface area contributed by atoms with E-state index in [4.69, 9.17) is 26.3 Å². The summed E-state index contributed by atoms with van der Waals surface area (Å²) in [4.78, 5) is 65.2. The van der Waals surface area contributed by atoms with Gasteiger partial charge in [0.2, 0.25) is 0 Å². The van der Waals surface area contributed by atoms with Gasteiger partial charge in [-0.25, -0.2) is 5.90 Å². The smallest absolute Gasteiger partial charge is 0.321 e. The molecule has 0 radical (unpaired) electrons. The zero-order valence-corrected chi connectivity index (χ0v) is 22.6. The number of carboxylic acids is 5. The van der Waals surface area contributed by atoms with E-state index in [1.165, 1.54) is 4.90 Å². The van der Waals surface area contributed by atoms with Crippen molar-refractivity contribution >= 4 is 35.9 Å². The Bertz CT molecular complexity index is 961. The van der Waals surface area contributed by atoms with Crippen LogP contribution in [0.15, 0.2) is 30.3 Å². The minimum absolute atomic E-state index is 0.0145. The summed E-state index contributed by atoms with van der Waals surface area (Å²) in [6.45, 7) is -2.27. The Hall–Kier alpha value is -3.89. The van der Waals surface area contributed by atoms with Crippen LogP contribution in [0, 0.1) is 0 Å². The molecule has 1 aromatic rings. The molecule has 1 aromatic carbocycles. The van der Waals surface area contributed by atoms with Crippen molar-refractivity contribution in [2.45, 2.75) is 25.3 Å². The van der Waals surface area contributed by atoms with Crippen molar-refractivity contribution in [2.75, 3.05) is 59.0 Å². The third-order valence-corrected chi connectivity index (χ3v) is 5.95. The predicted octanol–water partition coefficient (Wildman–Crippen LogP) is -0.390. The van der Waals surface area contributed by atoms with Crippen molar-refractivity contribution in [1.82, 2.24) is 14.7 Å². The largest absolute Gasteiger partial charge is 0.480 e. The topological polar surface area (TPSA) is 231 Å². The van der Waals surface area contributed by atoms with Crippen LogP contribution < -0.4 is 5.90 Å². The molecule has 0 heterocycles. The maximum atomic E-state index is 12.3. The van der Waals surface area contributed by atoms with Crippen LogP contribution in [0.3, 0.4) is 0 Å². The van der Waals surface area contributed by atoms with Crippen molar-refractivity contribution in [3.8, 4) is 0 Å². The summed E-state index contributed by atoms with van der Waals surface area (Å²) in [6, 6.07) is 6.45. The number of carboxylic acid groups (broad SMARTS) is 5. The van der Waals surface area contributed by atoms with Crippen LogP contribution in [0.4, 0.5) is 0 Å². The third-order valence-electron chi connectivity index (χ3n) is 5.95. The monoisotopic (exact) mass is 582 g/mol. The predicted molar refractivity (Wildman–Crippen MR) is 145 cm³/mol. The van der Waals surface area contributed by atoms with Gasteiger partial charge in [-0.2, -0.15) is 0 Å². The molecule has 0 saturated heterocycles. The van der Waals surface area contributed by atoms with Crippen molar-refractivity contribution < 1.29 is 54.3 Å². The Morgan fingerprint density at radius 1 is 0.756 bits per heavy atom. The van der Waals surface area contributed by atoms with Crippen LogP contribution in [0.2, 0.25) is 0 Å². The number of aliphatic carboxylic acids is 5. The van der Waals surface area contributed by atoms with Gasteiger partial charge in [0.15, 0.2) is 0 Å². The summed E-state index contributed by atoms with van der Waals surface area (Å²) in [5.74, 6) is -1.22. The van der Waals surface area contributed by atoms with Gasteiger partial charge in [0, 0.05) is 26.2 Å². The van der Waals surface area contributed by atoms with Crippen LogP contribution >= 0.6 is 0 Å². The van der Waals surface area contributed by atoms with E-state index in [1.807, 2.05) is 24.3 Å². The molecule has 0 bridgehead atoms. The second kappa shape index (κ2) is 19.2. The van der Waals surface area contributed by atoms with Gasteiger partial charge in [0.25, 0.3) is 0 Å². The number of benzene rings is 1. The molecule has 1 rings (SSSR count). The molecule has 1 atom stereocenters. The number of carbonyl (C=O) groups is 5. The van der Waals surface area contributed by atoms with Crippen LogP contribution in [0.25, 0.3) is 6.08 Å². The van der Waals surface area contributed by atoms with Crippen LogP contribution in [-0.2, 0) is 35.2 Å². The quantitative estimate of drug-likeness (QED) is 0.0712. The van der Waals surface area contributed by atoms with Gasteiger partial charge in [-0.05, 0) is 30.4 Å². The van der Waals surface area contributed by atoms with Crippen LogP contribution in [-0.4, -0.2) is 135 Å². The van der Waals surface area contributed by atoms with Crippen molar-refractivity contribution in [1.29, 1.82) is 0 Å². The zero-order valence-electron chi connectivity index (χ0n) is 22.6. The standard InChI is InChI=1S/C26H38N4O11/c27-41-14-2-4-20-8-6-19(7-9-20)3-1-5-21(26(39)40)30(12-10-28(15-22(31)32)16-23(33)34)13-11-29(17-24(35)36)18-25(37)38/h1,3,6-9,21H,2,4-5,10-18,27H2,(H,31,32)(H,33,34)(H,35,36)(H,37,38)(H,39,40)/b3-1+. The highest BCUT2D eigenvalue weighted by atomic mass is 16.6. The maximum Gasteiger partial charge on any atom is 0.321 e. The molecule has 0 saturated carbocycles. The summed E-state index contributed by atoms with van der Waals surface area (Å²) in [6.07, 6.45) is 4.94. The fourth-order valence-corrected chi connectivity index (χ4v) is 4.05. The molecule has 0 spiro atoms. The summed E-state index contributed by atoms with van der Waals surface area (Å²) >= 11 is 0. The van der Waals surface area contributed by atoms with Gasteiger partial charge in [-0.15, -0.1) is 0 Å². The Morgan fingerprint density at radius 2 is 1.22 bits per heavy atom. The highest BCUT2D eigenvalue weighted by molar-refractivity contribution is 5.74. The molecule has 0 aliphatic carbocycles. The van der Waals surface area contributed by atoms with E-state index in [9.17, 15) is 29.1 Å². The van der Waals surface area contributed by atoms with Crippen molar-refractivity contribution in [3.63, 3.8) is 0 Å². The Labute approximate surface area is 237 Å². The Kier molecular flexibility index (Phi) is 16.5. The summed E-state index contributed by atoms with van der Waals surface area (Å²) in [5.41, 5.74) is 1.90. The van der Waals surface area contributed by atoms with E-state index in [-0.39, 0.29) is 32.6 Å². The van der Waals surface area contributed by atoms with E-state index in [0.29, 0.717) is 6.61 Å². The van der Waals surface area contributed by atoms with Gasteiger partial charge >= 0.3 is 29.8 Å². The van der Waals surface area contributed by atoms with Crippen molar-refractivity contribution in [2.24, 2.45) is 5.90 Å². The zero-order chi connectivity index (χ0) is 30.8. The SMILES string of the molecule is NOCCCc1ccc(/C=C/CC(C(=O)O)N(CCN(CC(=O)O)CC(=O)O)CCN(CC(=O)O)CC(=O)O)cc1. The molecule has 0 aliphatic rings. The van der Waals surface area contributed by atoms with Crippen LogP contribution in [0.1, 0.15) is 24.0 Å². The highest BCUT2D eigenvalue weighted by Crippen LogP contribution is 2.12. The van der Waals surface area contributed by atoms with Crippen molar-refractivity contribution in [3.05, 3.63) is 41.5 Å². The number of nitrogens with zero attached hydrogens (tertiary/aromatic N) is 3. The number of rotatable bonds is 23.